The average molecular weight is 470 g/mol. The highest BCUT2D eigenvalue weighted by atomic mass is 19.1. The first kappa shape index (κ1) is 25.2. The highest BCUT2D eigenvalue weighted by Crippen LogP contribution is 2.35. The summed E-state index contributed by atoms with van der Waals surface area (Å²) in [5.74, 6) is -0.515. The number of nitrogens with zero attached hydrogens (tertiary/aromatic N) is 3. The minimum Gasteiger partial charge on any atom is -0.495 e. The number of ether oxygens (including phenoxy) is 2. The number of hydrogen-bond donors (Lipinski definition) is 0. The first-order valence-corrected chi connectivity index (χ1v) is 11.2. The van der Waals surface area contributed by atoms with Gasteiger partial charge in [0.05, 0.1) is 19.0 Å². The molecule has 1 aromatic carbocycles. The molecule has 8 heteroatoms. The van der Waals surface area contributed by atoms with Crippen LogP contribution < -0.4 is 10.3 Å². The fourth-order valence-corrected chi connectivity index (χ4v) is 3.85. The smallest absolute Gasteiger partial charge is 0.330 e. The highest BCUT2D eigenvalue weighted by molar-refractivity contribution is 5.76. The van der Waals surface area contributed by atoms with Crippen molar-refractivity contribution in [2.45, 2.75) is 58.6 Å². The van der Waals surface area contributed by atoms with E-state index in [1.54, 1.807) is 50.8 Å². The molecule has 0 amide bonds. The molecule has 0 radical (unpaired) electrons. The monoisotopic (exact) mass is 469 g/mol. The Balaban J connectivity index is 2.15. The standard InChI is InChI=1S/C26H32FN3O4/c1-16(2)19-9-8-17(27)12-20(19)21-14-24(31)30(15-23(21)33-7)22(25(32)34-26(3,4)5)13-18-10-11-29(6)28-18/h8-12,14-16,22H,13H2,1-7H3. The van der Waals surface area contributed by atoms with Gasteiger partial charge in [-0.1, -0.05) is 19.9 Å². The second-order valence-corrected chi connectivity index (χ2v) is 9.62. The van der Waals surface area contributed by atoms with E-state index in [2.05, 4.69) is 5.10 Å². The Morgan fingerprint density at radius 2 is 1.85 bits per heavy atom. The van der Waals surface area contributed by atoms with Gasteiger partial charge in [-0.05, 0) is 56.0 Å². The summed E-state index contributed by atoms with van der Waals surface area (Å²) in [5, 5.41) is 4.35. The van der Waals surface area contributed by atoms with Crippen LogP contribution in [-0.4, -0.2) is 33.0 Å². The molecule has 7 nitrogen and oxygen atoms in total. The number of halogens is 1. The summed E-state index contributed by atoms with van der Waals surface area (Å²) < 4.78 is 28.3. The molecule has 0 N–H and O–H groups in total. The molecule has 0 bridgehead atoms. The largest absolute Gasteiger partial charge is 0.495 e. The average Bonchev–Trinajstić information content (AvgIpc) is 3.15. The Morgan fingerprint density at radius 3 is 2.41 bits per heavy atom. The third-order valence-corrected chi connectivity index (χ3v) is 5.38. The molecule has 1 unspecified atom stereocenters. The van der Waals surface area contributed by atoms with Gasteiger partial charge in [0.15, 0.2) is 0 Å². The lowest BCUT2D eigenvalue weighted by atomic mass is 9.92. The molecule has 0 fully saturated rings. The summed E-state index contributed by atoms with van der Waals surface area (Å²) in [6.45, 7) is 9.30. The Hall–Kier alpha value is -3.42. The van der Waals surface area contributed by atoms with E-state index in [-0.39, 0.29) is 12.3 Å². The van der Waals surface area contributed by atoms with Crippen molar-refractivity contribution in [3.05, 3.63) is 70.2 Å². The number of esters is 1. The van der Waals surface area contributed by atoms with Gasteiger partial charge in [-0.15, -0.1) is 0 Å². The Morgan fingerprint density at radius 1 is 1.15 bits per heavy atom. The fraction of sp³-hybridized carbons (Fsp3) is 0.423. The van der Waals surface area contributed by atoms with Crippen molar-refractivity contribution in [3.8, 4) is 16.9 Å². The van der Waals surface area contributed by atoms with Gasteiger partial charge in [0.25, 0.3) is 5.56 Å². The lowest BCUT2D eigenvalue weighted by Crippen LogP contribution is -2.36. The van der Waals surface area contributed by atoms with Gasteiger partial charge in [-0.2, -0.15) is 5.10 Å². The first-order valence-electron chi connectivity index (χ1n) is 11.2. The van der Waals surface area contributed by atoms with Gasteiger partial charge >= 0.3 is 5.97 Å². The summed E-state index contributed by atoms with van der Waals surface area (Å²) in [7, 11) is 3.25. The van der Waals surface area contributed by atoms with Gasteiger partial charge in [0.1, 0.15) is 23.2 Å². The zero-order valence-electron chi connectivity index (χ0n) is 20.8. The van der Waals surface area contributed by atoms with Crippen molar-refractivity contribution in [3.63, 3.8) is 0 Å². The SMILES string of the molecule is COc1cn(C(Cc2ccn(C)n2)C(=O)OC(C)(C)C)c(=O)cc1-c1cc(F)ccc1C(C)C. The van der Waals surface area contributed by atoms with Crippen molar-refractivity contribution in [2.75, 3.05) is 7.11 Å². The number of rotatable bonds is 7. The first-order chi connectivity index (χ1) is 15.9. The van der Waals surface area contributed by atoms with E-state index in [1.807, 2.05) is 13.8 Å². The number of carbonyl (C=O) groups is 1. The van der Waals surface area contributed by atoms with Gasteiger partial charge < -0.3 is 9.47 Å². The molecule has 0 aliphatic rings. The quantitative estimate of drug-likeness (QED) is 0.471. The van der Waals surface area contributed by atoms with E-state index in [0.717, 1.165) is 5.56 Å². The van der Waals surface area contributed by atoms with E-state index in [4.69, 9.17) is 9.47 Å². The van der Waals surface area contributed by atoms with Crippen LogP contribution in [0.1, 0.15) is 57.8 Å². The summed E-state index contributed by atoms with van der Waals surface area (Å²) in [5.41, 5.74) is 1.40. The van der Waals surface area contributed by atoms with Crippen molar-refractivity contribution in [2.24, 2.45) is 7.05 Å². The van der Waals surface area contributed by atoms with Crippen LogP contribution >= 0.6 is 0 Å². The number of aryl methyl sites for hydroxylation is 1. The van der Waals surface area contributed by atoms with Crippen molar-refractivity contribution in [1.29, 1.82) is 0 Å². The predicted octanol–water partition coefficient (Wildman–Crippen LogP) is 4.65. The van der Waals surface area contributed by atoms with Crippen LogP contribution in [0.3, 0.4) is 0 Å². The number of aromatic nitrogens is 3. The maximum atomic E-state index is 14.2. The molecular formula is C26H32FN3O4. The molecule has 0 aliphatic heterocycles. The second kappa shape index (κ2) is 9.83. The van der Waals surface area contributed by atoms with Crippen LogP contribution in [0.4, 0.5) is 4.39 Å². The summed E-state index contributed by atoms with van der Waals surface area (Å²) >= 11 is 0. The molecule has 1 atom stereocenters. The molecule has 34 heavy (non-hydrogen) atoms. The zero-order valence-corrected chi connectivity index (χ0v) is 20.8. The predicted molar refractivity (Wildman–Crippen MR) is 129 cm³/mol. The third-order valence-electron chi connectivity index (χ3n) is 5.38. The van der Waals surface area contributed by atoms with Crippen LogP contribution in [0, 0.1) is 5.82 Å². The van der Waals surface area contributed by atoms with E-state index in [0.29, 0.717) is 22.6 Å². The number of hydrogen-bond acceptors (Lipinski definition) is 5. The Kier molecular flexibility index (Phi) is 7.29. The third kappa shape index (κ3) is 5.73. The number of methoxy groups -OCH3 is 1. The number of benzene rings is 1. The van der Waals surface area contributed by atoms with E-state index < -0.39 is 29.0 Å². The van der Waals surface area contributed by atoms with Gasteiger partial charge in [-0.3, -0.25) is 14.0 Å². The fourth-order valence-electron chi connectivity index (χ4n) is 3.85. The van der Waals surface area contributed by atoms with Crippen LogP contribution in [0.5, 0.6) is 5.75 Å². The van der Waals surface area contributed by atoms with Crippen molar-refractivity contribution >= 4 is 5.97 Å². The van der Waals surface area contributed by atoms with Gasteiger partial charge in [0, 0.05) is 31.3 Å². The van der Waals surface area contributed by atoms with Gasteiger partial charge in [0.2, 0.25) is 0 Å². The molecule has 0 saturated heterocycles. The zero-order chi connectivity index (χ0) is 25.2. The van der Waals surface area contributed by atoms with Crippen LogP contribution in [0.2, 0.25) is 0 Å². The molecule has 2 aromatic heterocycles. The Bertz CT molecular complexity index is 1240. The van der Waals surface area contributed by atoms with E-state index >= 15 is 0 Å². The minimum absolute atomic E-state index is 0.0985. The van der Waals surface area contributed by atoms with Gasteiger partial charge in [-0.25, -0.2) is 9.18 Å². The Labute approximate surface area is 199 Å². The molecule has 3 rings (SSSR count). The van der Waals surface area contributed by atoms with Crippen LogP contribution in [-0.2, 0) is 23.0 Å². The molecule has 0 spiro atoms. The van der Waals surface area contributed by atoms with Crippen LogP contribution in [0.15, 0.2) is 47.5 Å². The lowest BCUT2D eigenvalue weighted by Gasteiger charge is -2.25. The molecule has 0 saturated carbocycles. The molecular weight excluding hydrogens is 437 g/mol. The van der Waals surface area contributed by atoms with E-state index in [1.165, 1.54) is 36.1 Å². The highest BCUT2D eigenvalue weighted by Gasteiger charge is 2.29. The molecule has 2 heterocycles. The summed E-state index contributed by atoms with van der Waals surface area (Å²) in [6, 6.07) is 6.73. The normalized spacial score (nSPS) is 12.6. The molecule has 0 aliphatic carbocycles. The minimum atomic E-state index is -0.957. The molecule has 3 aromatic rings. The van der Waals surface area contributed by atoms with E-state index in [9.17, 15) is 14.0 Å². The maximum Gasteiger partial charge on any atom is 0.330 e. The number of pyridine rings is 1. The summed E-state index contributed by atoms with van der Waals surface area (Å²) in [4.78, 5) is 26.5. The summed E-state index contributed by atoms with van der Waals surface area (Å²) in [6.07, 6.45) is 3.42. The second-order valence-electron chi connectivity index (χ2n) is 9.62. The molecule has 182 valence electrons. The number of carbonyl (C=O) groups excluding carboxylic acids is 1. The van der Waals surface area contributed by atoms with Crippen molar-refractivity contribution < 1.29 is 18.7 Å². The van der Waals surface area contributed by atoms with Crippen LogP contribution in [0.25, 0.3) is 11.1 Å². The van der Waals surface area contributed by atoms with Crippen molar-refractivity contribution in [1.82, 2.24) is 14.3 Å². The topological polar surface area (TPSA) is 75.3 Å². The maximum absolute atomic E-state index is 14.2. The lowest BCUT2D eigenvalue weighted by molar-refractivity contribution is -0.159.